The van der Waals surface area contributed by atoms with Crippen LogP contribution in [0.4, 0.5) is 10.1 Å². The van der Waals surface area contributed by atoms with Gasteiger partial charge in [0.1, 0.15) is 5.75 Å². The molecule has 1 aromatic carbocycles. The molecule has 0 spiro atoms. The molecule has 27 heavy (non-hydrogen) atoms. The lowest BCUT2D eigenvalue weighted by Gasteiger charge is -2.11. The lowest BCUT2D eigenvalue weighted by molar-refractivity contribution is 0.439. The molecular weight excluding hydrogens is 339 g/mol. The SMILES string of the molecule is CC.CC.CCCC/C(C)=C\c1nccc(Oc2ccc(N)cc2F)c1C. The molecule has 0 radical (unpaired) electrons. The smallest absolute Gasteiger partial charge is 0.167 e. The summed E-state index contributed by atoms with van der Waals surface area (Å²) in [5.41, 5.74) is 8.95. The third-order valence-electron chi connectivity index (χ3n) is 3.68. The number of benzene rings is 1. The zero-order valence-electron chi connectivity index (χ0n) is 17.9. The molecule has 150 valence electrons. The summed E-state index contributed by atoms with van der Waals surface area (Å²) >= 11 is 0. The van der Waals surface area contributed by atoms with E-state index in [1.807, 2.05) is 34.6 Å². The highest BCUT2D eigenvalue weighted by Gasteiger charge is 2.10. The van der Waals surface area contributed by atoms with E-state index in [0.29, 0.717) is 11.4 Å². The lowest BCUT2D eigenvalue weighted by Crippen LogP contribution is -1.96. The van der Waals surface area contributed by atoms with Crippen LogP contribution in [0.5, 0.6) is 11.5 Å². The Bertz CT molecular complexity index is 712. The van der Waals surface area contributed by atoms with E-state index in [1.54, 1.807) is 18.3 Å². The molecule has 2 aromatic rings. The second-order valence-corrected chi connectivity index (χ2v) is 5.71. The van der Waals surface area contributed by atoms with Gasteiger partial charge in [-0.25, -0.2) is 4.39 Å². The number of halogens is 1. The van der Waals surface area contributed by atoms with E-state index in [0.717, 1.165) is 30.5 Å². The number of hydrogen-bond donors (Lipinski definition) is 1. The number of rotatable bonds is 6. The number of nitrogens with two attached hydrogens (primary N) is 1. The molecular formula is C23H35FN2O. The fourth-order valence-electron chi connectivity index (χ4n) is 2.27. The zero-order valence-corrected chi connectivity index (χ0v) is 17.9. The maximum absolute atomic E-state index is 13.9. The zero-order chi connectivity index (χ0) is 20.8. The summed E-state index contributed by atoms with van der Waals surface area (Å²) in [5.74, 6) is 0.279. The summed E-state index contributed by atoms with van der Waals surface area (Å²) in [6, 6.07) is 6.14. The van der Waals surface area contributed by atoms with Crippen LogP contribution < -0.4 is 10.5 Å². The van der Waals surface area contributed by atoms with Crippen LogP contribution in [0.1, 0.15) is 72.1 Å². The number of aromatic nitrogens is 1. The third-order valence-corrected chi connectivity index (χ3v) is 3.68. The highest BCUT2D eigenvalue weighted by Crippen LogP contribution is 2.29. The monoisotopic (exact) mass is 374 g/mol. The van der Waals surface area contributed by atoms with E-state index in [9.17, 15) is 4.39 Å². The fourth-order valence-corrected chi connectivity index (χ4v) is 2.27. The van der Waals surface area contributed by atoms with Crippen molar-refractivity contribution < 1.29 is 9.13 Å². The maximum Gasteiger partial charge on any atom is 0.167 e. The molecule has 0 aliphatic carbocycles. The normalized spacial score (nSPS) is 10.3. The summed E-state index contributed by atoms with van der Waals surface area (Å²) in [4.78, 5) is 4.40. The molecule has 1 aromatic heterocycles. The predicted molar refractivity (Wildman–Crippen MR) is 116 cm³/mol. The van der Waals surface area contributed by atoms with Gasteiger partial charge in [0.05, 0.1) is 5.69 Å². The first-order chi connectivity index (χ1) is 13.0. The van der Waals surface area contributed by atoms with Gasteiger partial charge in [0.2, 0.25) is 0 Å². The second-order valence-electron chi connectivity index (χ2n) is 5.71. The van der Waals surface area contributed by atoms with Gasteiger partial charge < -0.3 is 10.5 Å². The largest absolute Gasteiger partial charge is 0.454 e. The number of unbranched alkanes of at least 4 members (excludes halogenated alkanes) is 1. The van der Waals surface area contributed by atoms with Crippen molar-refractivity contribution >= 4 is 11.8 Å². The molecule has 2 N–H and O–H groups in total. The first-order valence-electron chi connectivity index (χ1n) is 9.87. The Morgan fingerprint density at radius 3 is 2.41 bits per heavy atom. The molecule has 0 aliphatic heterocycles. The first kappa shape index (κ1) is 24.6. The van der Waals surface area contributed by atoms with Gasteiger partial charge in [-0.05, 0) is 51.0 Å². The van der Waals surface area contributed by atoms with Gasteiger partial charge in [-0.1, -0.05) is 46.6 Å². The number of nitrogen functional groups attached to an aromatic ring is 1. The van der Waals surface area contributed by atoms with E-state index >= 15 is 0 Å². The second kappa shape index (κ2) is 13.8. The van der Waals surface area contributed by atoms with Crippen molar-refractivity contribution in [2.75, 3.05) is 5.73 Å². The van der Waals surface area contributed by atoms with Gasteiger partial charge in [0.15, 0.2) is 11.6 Å². The summed E-state index contributed by atoms with van der Waals surface area (Å²) < 4.78 is 19.6. The van der Waals surface area contributed by atoms with E-state index in [2.05, 4.69) is 24.9 Å². The maximum atomic E-state index is 13.9. The highest BCUT2D eigenvalue weighted by atomic mass is 19.1. The van der Waals surface area contributed by atoms with Crippen LogP contribution in [0.3, 0.4) is 0 Å². The van der Waals surface area contributed by atoms with Gasteiger partial charge in [0.25, 0.3) is 0 Å². The molecule has 0 amide bonds. The molecule has 3 nitrogen and oxygen atoms in total. The minimum Gasteiger partial charge on any atom is -0.454 e. The Morgan fingerprint density at radius 2 is 1.81 bits per heavy atom. The van der Waals surface area contributed by atoms with E-state index in [4.69, 9.17) is 10.5 Å². The van der Waals surface area contributed by atoms with Gasteiger partial charge in [0, 0.05) is 23.5 Å². The van der Waals surface area contributed by atoms with Crippen molar-refractivity contribution in [3.63, 3.8) is 0 Å². The summed E-state index contributed by atoms with van der Waals surface area (Å²) in [6.45, 7) is 14.2. The van der Waals surface area contributed by atoms with Gasteiger partial charge in [-0.15, -0.1) is 0 Å². The van der Waals surface area contributed by atoms with Crippen molar-refractivity contribution in [1.29, 1.82) is 0 Å². The molecule has 0 atom stereocenters. The molecule has 1 heterocycles. The number of anilines is 1. The summed E-state index contributed by atoms with van der Waals surface area (Å²) in [6.07, 6.45) is 7.12. The number of nitrogens with zero attached hydrogens (tertiary/aromatic N) is 1. The van der Waals surface area contributed by atoms with Crippen molar-refractivity contribution in [3.8, 4) is 11.5 Å². The van der Waals surface area contributed by atoms with Crippen LogP contribution in [0, 0.1) is 12.7 Å². The number of allylic oxidation sites excluding steroid dienone is 1. The minimum atomic E-state index is -0.475. The Kier molecular flexibility index (Phi) is 12.6. The highest BCUT2D eigenvalue weighted by molar-refractivity contribution is 5.56. The topological polar surface area (TPSA) is 48.1 Å². The molecule has 0 bridgehead atoms. The Hall–Kier alpha value is -2.36. The van der Waals surface area contributed by atoms with Crippen LogP contribution in [0.15, 0.2) is 36.0 Å². The molecule has 2 rings (SSSR count). The van der Waals surface area contributed by atoms with Crippen LogP contribution in [0.25, 0.3) is 6.08 Å². The molecule has 0 saturated carbocycles. The van der Waals surface area contributed by atoms with E-state index in [1.165, 1.54) is 17.7 Å². The van der Waals surface area contributed by atoms with Gasteiger partial charge >= 0.3 is 0 Å². The summed E-state index contributed by atoms with van der Waals surface area (Å²) in [5, 5.41) is 0. The Morgan fingerprint density at radius 1 is 1.15 bits per heavy atom. The molecule has 0 aliphatic rings. The van der Waals surface area contributed by atoms with Crippen molar-refractivity contribution in [2.24, 2.45) is 0 Å². The van der Waals surface area contributed by atoms with Crippen molar-refractivity contribution in [2.45, 2.75) is 67.7 Å². The molecule has 0 unspecified atom stereocenters. The number of hydrogen-bond acceptors (Lipinski definition) is 3. The number of pyridine rings is 1. The summed E-state index contributed by atoms with van der Waals surface area (Å²) in [7, 11) is 0. The van der Waals surface area contributed by atoms with Crippen molar-refractivity contribution in [1.82, 2.24) is 4.98 Å². The van der Waals surface area contributed by atoms with Crippen molar-refractivity contribution in [3.05, 3.63) is 53.1 Å². The van der Waals surface area contributed by atoms with E-state index in [-0.39, 0.29) is 5.75 Å². The Balaban J connectivity index is 0.00000158. The van der Waals surface area contributed by atoms with E-state index < -0.39 is 5.82 Å². The minimum absolute atomic E-state index is 0.158. The standard InChI is InChI=1S/C19H23FN2O.2C2H6/c1-4-5-6-13(2)11-17-14(3)18(9-10-22-17)23-19-8-7-15(21)12-16(19)20;2*1-2/h7-12H,4-6,21H2,1-3H3;2*1-2H3/b13-11-;;. The van der Waals surface area contributed by atoms with Gasteiger partial charge in [-0.3, -0.25) is 4.98 Å². The number of ether oxygens (including phenoxy) is 1. The quantitative estimate of drug-likeness (QED) is 0.531. The first-order valence-corrected chi connectivity index (χ1v) is 9.87. The Labute approximate surface area is 164 Å². The van der Waals surface area contributed by atoms with Crippen LogP contribution >= 0.6 is 0 Å². The molecule has 4 heteroatoms. The van der Waals surface area contributed by atoms with Crippen LogP contribution in [-0.2, 0) is 0 Å². The van der Waals surface area contributed by atoms with Crippen LogP contribution in [0.2, 0.25) is 0 Å². The fraction of sp³-hybridized carbons (Fsp3) is 0.435. The average molecular weight is 375 g/mol. The predicted octanol–water partition coefficient (Wildman–Crippen LogP) is 7.55. The van der Waals surface area contributed by atoms with Gasteiger partial charge in [-0.2, -0.15) is 0 Å². The molecule has 0 fully saturated rings. The molecule has 0 saturated heterocycles. The average Bonchev–Trinajstić information content (AvgIpc) is 2.68. The third kappa shape index (κ3) is 8.25. The van der Waals surface area contributed by atoms with Crippen LogP contribution in [-0.4, -0.2) is 4.98 Å². The lowest BCUT2D eigenvalue weighted by atomic mass is 10.1.